The standard InChI is InChI=1S/C9H15Br/c1-2-3-4-5-6-7-8-9-10/h3-4,6-7H,2,5,8-9H2,1H3/b4-3+,7-6+. The van der Waals surface area contributed by atoms with Gasteiger partial charge in [0.2, 0.25) is 0 Å². The first-order valence-electron chi connectivity index (χ1n) is 3.77. The van der Waals surface area contributed by atoms with Gasteiger partial charge >= 0.3 is 0 Å². The third-order valence-electron chi connectivity index (χ3n) is 1.12. The van der Waals surface area contributed by atoms with Crippen LogP contribution in [0.4, 0.5) is 0 Å². The number of halogens is 1. The minimum absolute atomic E-state index is 1.07. The number of allylic oxidation sites excluding steroid dienone is 4. The van der Waals surface area contributed by atoms with E-state index in [2.05, 4.69) is 47.2 Å². The molecule has 0 N–H and O–H groups in total. The van der Waals surface area contributed by atoms with Crippen LogP contribution in [0.15, 0.2) is 24.3 Å². The number of rotatable bonds is 5. The molecule has 0 bridgehead atoms. The molecule has 0 aromatic rings. The fourth-order valence-electron chi connectivity index (χ4n) is 0.619. The summed E-state index contributed by atoms with van der Waals surface area (Å²) in [6, 6.07) is 0. The molecule has 0 aliphatic rings. The molecule has 0 atom stereocenters. The van der Waals surface area contributed by atoms with Crippen molar-refractivity contribution in [2.45, 2.75) is 26.2 Å². The van der Waals surface area contributed by atoms with E-state index < -0.39 is 0 Å². The van der Waals surface area contributed by atoms with Gasteiger partial charge in [0.15, 0.2) is 0 Å². The van der Waals surface area contributed by atoms with Crippen molar-refractivity contribution in [3.05, 3.63) is 24.3 Å². The van der Waals surface area contributed by atoms with Crippen LogP contribution in [0.5, 0.6) is 0 Å². The quantitative estimate of drug-likeness (QED) is 0.472. The average molecular weight is 203 g/mol. The topological polar surface area (TPSA) is 0 Å². The molecule has 1 heteroatoms. The Balaban J connectivity index is 3.09. The Labute approximate surface area is 72.1 Å². The second-order valence-corrected chi connectivity index (χ2v) is 2.86. The third kappa shape index (κ3) is 7.96. The molecular formula is C9H15Br. The maximum Gasteiger partial charge on any atom is 0.00659 e. The Morgan fingerprint density at radius 3 is 2.40 bits per heavy atom. The van der Waals surface area contributed by atoms with Gasteiger partial charge in [-0.1, -0.05) is 47.2 Å². The molecule has 58 valence electrons. The van der Waals surface area contributed by atoms with Crippen LogP contribution in [0.3, 0.4) is 0 Å². The van der Waals surface area contributed by atoms with Crippen LogP contribution in [0.1, 0.15) is 26.2 Å². The van der Waals surface area contributed by atoms with Crippen LogP contribution in [0, 0.1) is 0 Å². The van der Waals surface area contributed by atoms with Crippen molar-refractivity contribution in [1.29, 1.82) is 0 Å². The summed E-state index contributed by atoms with van der Waals surface area (Å²) < 4.78 is 0. The molecule has 0 aliphatic heterocycles. The van der Waals surface area contributed by atoms with E-state index in [-0.39, 0.29) is 0 Å². The Morgan fingerprint density at radius 2 is 1.80 bits per heavy atom. The fourth-order valence-corrected chi connectivity index (χ4v) is 0.883. The Bertz CT molecular complexity index is 103. The van der Waals surface area contributed by atoms with Gasteiger partial charge in [-0.05, 0) is 19.3 Å². The van der Waals surface area contributed by atoms with Gasteiger partial charge in [-0.15, -0.1) is 0 Å². The van der Waals surface area contributed by atoms with Gasteiger partial charge in [0.25, 0.3) is 0 Å². The van der Waals surface area contributed by atoms with Gasteiger partial charge in [-0.3, -0.25) is 0 Å². The first-order chi connectivity index (χ1) is 4.91. The average Bonchev–Trinajstić information content (AvgIpc) is 1.97. The van der Waals surface area contributed by atoms with E-state index in [1.807, 2.05) is 0 Å². The first-order valence-corrected chi connectivity index (χ1v) is 4.90. The Kier molecular flexibility index (Phi) is 8.92. The predicted molar refractivity (Wildman–Crippen MR) is 51.6 cm³/mol. The first kappa shape index (κ1) is 9.96. The largest absolute Gasteiger partial charge is 0.0925 e. The maximum absolute atomic E-state index is 3.36. The molecule has 10 heavy (non-hydrogen) atoms. The molecule has 0 radical (unpaired) electrons. The molecule has 0 aromatic carbocycles. The summed E-state index contributed by atoms with van der Waals surface area (Å²) in [5.41, 5.74) is 0. The Morgan fingerprint density at radius 1 is 1.10 bits per heavy atom. The molecule has 0 heterocycles. The number of hydrogen-bond acceptors (Lipinski definition) is 0. The highest BCUT2D eigenvalue weighted by atomic mass is 79.9. The van der Waals surface area contributed by atoms with Crippen LogP contribution in [-0.4, -0.2) is 5.33 Å². The summed E-state index contributed by atoms with van der Waals surface area (Å²) in [6.45, 7) is 2.15. The van der Waals surface area contributed by atoms with Crippen LogP contribution >= 0.6 is 15.9 Å². The summed E-state index contributed by atoms with van der Waals surface area (Å²) >= 11 is 3.36. The van der Waals surface area contributed by atoms with E-state index in [0.29, 0.717) is 0 Å². The van der Waals surface area contributed by atoms with Crippen LogP contribution in [0.2, 0.25) is 0 Å². The SMILES string of the molecule is CC/C=C/C/C=C/CCBr. The van der Waals surface area contributed by atoms with Crippen LogP contribution in [-0.2, 0) is 0 Å². The van der Waals surface area contributed by atoms with E-state index in [0.717, 1.165) is 24.6 Å². The molecule has 0 unspecified atom stereocenters. The molecule has 0 fully saturated rings. The molecule has 0 amide bonds. The minimum Gasteiger partial charge on any atom is -0.0925 e. The van der Waals surface area contributed by atoms with Crippen molar-refractivity contribution in [3.8, 4) is 0 Å². The smallest absolute Gasteiger partial charge is 0.00659 e. The minimum atomic E-state index is 1.07. The van der Waals surface area contributed by atoms with Gasteiger partial charge in [-0.2, -0.15) is 0 Å². The summed E-state index contributed by atoms with van der Waals surface area (Å²) in [5.74, 6) is 0. The zero-order valence-corrected chi connectivity index (χ0v) is 8.10. The monoisotopic (exact) mass is 202 g/mol. The van der Waals surface area contributed by atoms with Gasteiger partial charge in [-0.25, -0.2) is 0 Å². The van der Waals surface area contributed by atoms with Crippen molar-refractivity contribution < 1.29 is 0 Å². The highest BCUT2D eigenvalue weighted by Gasteiger charge is 1.72. The van der Waals surface area contributed by atoms with Crippen molar-refractivity contribution in [3.63, 3.8) is 0 Å². The molecular weight excluding hydrogens is 188 g/mol. The highest BCUT2D eigenvalue weighted by Crippen LogP contribution is 1.92. The fraction of sp³-hybridized carbons (Fsp3) is 0.556. The van der Waals surface area contributed by atoms with Crippen molar-refractivity contribution in [2.75, 3.05) is 5.33 Å². The number of alkyl halides is 1. The maximum atomic E-state index is 3.36. The zero-order valence-electron chi connectivity index (χ0n) is 6.52. The second kappa shape index (κ2) is 8.96. The van der Waals surface area contributed by atoms with Gasteiger partial charge < -0.3 is 0 Å². The van der Waals surface area contributed by atoms with Gasteiger partial charge in [0, 0.05) is 5.33 Å². The molecule has 0 aromatic heterocycles. The molecule has 0 nitrogen and oxygen atoms in total. The molecule has 0 spiro atoms. The van der Waals surface area contributed by atoms with Crippen LogP contribution in [0.25, 0.3) is 0 Å². The summed E-state index contributed by atoms with van der Waals surface area (Å²) in [4.78, 5) is 0. The molecule has 0 aliphatic carbocycles. The Hall–Kier alpha value is -0.0400. The second-order valence-electron chi connectivity index (χ2n) is 2.06. The number of hydrogen-bond donors (Lipinski definition) is 0. The summed E-state index contributed by atoms with van der Waals surface area (Å²) in [6.07, 6.45) is 12.2. The normalized spacial score (nSPS) is 11.8. The highest BCUT2D eigenvalue weighted by molar-refractivity contribution is 9.09. The van der Waals surface area contributed by atoms with E-state index in [9.17, 15) is 0 Å². The van der Waals surface area contributed by atoms with E-state index in [4.69, 9.17) is 0 Å². The zero-order chi connectivity index (χ0) is 7.66. The summed E-state index contributed by atoms with van der Waals surface area (Å²) in [5, 5.41) is 1.07. The predicted octanol–water partition coefficient (Wildman–Crippen LogP) is 3.68. The van der Waals surface area contributed by atoms with Crippen molar-refractivity contribution >= 4 is 15.9 Å². The lowest BCUT2D eigenvalue weighted by Crippen LogP contribution is -1.65. The summed E-state index contributed by atoms with van der Waals surface area (Å²) in [7, 11) is 0. The van der Waals surface area contributed by atoms with E-state index in [1.165, 1.54) is 0 Å². The molecule has 0 saturated heterocycles. The lowest BCUT2D eigenvalue weighted by atomic mass is 10.3. The lowest BCUT2D eigenvalue weighted by Gasteiger charge is -1.82. The van der Waals surface area contributed by atoms with Crippen molar-refractivity contribution in [2.24, 2.45) is 0 Å². The van der Waals surface area contributed by atoms with Gasteiger partial charge in [0.05, 0.1) is 0 Å². The van der Waals surface area contributed by atoms with E-state index in [1.54, 1.807) is 0 Å². The van der Waals surface area contributed by atoms with Gasteiger partial charge in [0.1, 0.15) is 0 Å². The molecule has 0 rings (SSSR count). The molecule has 0 saturated carbocycles. The van der Waals surface area contributed by atoms with Crippen LogP contribution < -0.4 is 0 Å². The lowest BCUT2D eigenvalue weighted by molar-refractivity contribution is 1.18. The third-order valence-corrected chi connectivity index (χ3v) is 1.57. The van der Waals surface area contributed by atoms with Crippen molar-refractivity contribution in [1.82, 2.24) is 0 Å². The van der Waals surface area contributed by atoms with E-state index >= 15 is 0 Å².